The van der Waals surface area contributed by atoms with Crippen molar-refractivity contribution in [2.45, 2.75) is 46.0 Å². The molecule has 2 aliphatic carbocycles. The molecule has 0 aromatic rings. The fourth-order valence-electron chi connectivity index (χ4n) is 3.27. The average Bonchev–Trinajstić information content (AvgIpc) is 2.89. The van der Waals surface area contributed by atoms with Crippen LogP contribution in [0.4, 0.5) is 0 Å². The van der Waals surface area contributed by atoms with E-state index >= 15 is 0 Å². The summed E-state index contributed by atoms with van der Waals surface area (Å²) in [6, 6.07) is 0. The number of fused-ring (bicyclic) bond motifs is 2. The standard InChI is InChI=1S/C16H24/c1-3-5-6-7-13(4-2)10-16-12-14-8-9-15(16)11-14/h3-5,8-9,14-16H,6-7,10-12H2,1-2H3. The molecule has 0 spiro atoms. The van der Waals surface area contributed by atoms with Crippen LogP contribution in [0.5, 0.6) is 0 Å². The number of hydrogen-bond donors (Lipinski definition) is 0. The lowest BCUT2D eigenvalue weighted by Gasteiger charge is -2.19. The predicted molar refractivity (Wildman–Crippen MR) is 71.3 cm³/mol. The molecule has 0 heterocycles. The van der Waals surface area contributed by atoms with Crippen molar-refractivity contribution in [3.63, 3.8) is 0 Å². The van der Waals surface area contributed by atoms with Crippen LogP contribution in [-0.2, 0) is 0 Å². The van der Waals surface area contributed by atoms with Crippen LogP contribution in [0.2, 0.25) is 0 Å². The quantitative estimate of drug-likeness (QED) is 0.574. The van der Waals surface area contributed by atoms with E-state index in [-0.39, 0.29) is 0 Å². The first-order chi connectivity index (χ1) is 7.83. The molecule has 1 fully saturated rings. The van der Waals surface area contributed by atoms with E-state index < -0.39 is 0 Å². The largest absolute Gasteiger partial charge is 0.0917 e. The summed E-state index contributed by atoms with van der Waals surface area (Å²) in [7, 11) is 0. The van der Waals surface area contributed by atoms with Crippen molar-refractivity contribution in [3.05, 3.63) is 36.0 Å². The molecule has 0 N–H and O–H groups in total. The van der Waals surface area contributed by atoms with Crippen LogP contribution in [0, 0.1) is 17.8 Å². The second kappa shape index (κ2) is 5.52. The van der Waals surface area contributed by atoms with Crippen molar-refractivity contribution in [2.75, 3.05) is 0 Å². The van der Waals surface area contributed by atoms with Crippen LogP contribution < -0.4 is 0 Å². The van der Waals surface area contributed by atoms with E-state index in [1.807, 2.05) is 0 Å². The second-order valence-corrected chi connectivity index (χ2v) is 5.30. The van der Waals surface area contributed by atoms with Gasteiger partial charge < -0.3 is 0 Å². The normalized spacial score (nSPS) is 33.1. The predicted octanol–water partition coefficient (Wildman–Crippen LogP) is 4.89. The Labute approximate surface area is 100 Å². The third-order valence-corrected chi connectivity index (χ3v) is 4.22. The van der Waals surface area contributed by atoms with Gasteiger partial charge in [0.2, 0.25) is 0 Å². The Morgan fingerprint density at radius 1 is 1.25 bits per heavy atom. The highest BCUT2D eigenvalue weighted by molar-refractivity contribution is 5.14. The van der Waals surface area contributed by atoms with E-state index in [1.165, 1.54) is 32.1 Å². The van der Waals surface area contributed by atoms with Gasteiger partial charge >= 0.3 is 0 Å². The molecule has 0 heteroatoms. The van der Waals surface area contributed by atoms with Crippen LogP contribution in [0.3, 0.4) is 0 Å². The third-order valence-electron chi connectivity index (χ3n) is 4.22. The zero-order valence-corrected chi connectivity index (χ0v) is 10.7. The van der Waals surface area contributed by atoms with Crippen LogP contribution in [0.25, 0.3) is 0 Å². The summed E-state index contributed by atoms with van der Waals surface area (Å²) < 4.78 is 0. The molecule has 0 aliphatic heterocycles. The molecule has 2 rings (SSSR count). The minimum atomic E-state index is 0.904. The summed E-state index contributed by atoms with van der Waals surface area (Å²) in [5.41, 5.74) is 1.67. The zero-order valence-electron chi connectivity index (χ0n) is 10.7. The molecule has 0 nitrogen and oxygen atoms in total. The molecule has 0 amide bonds. The SMILES string of the molecule is CC=CCCC(=CC)CC1CC2C=CC1C2. The first-order valence-corrected chi connectivity index (χ1v) is 6.77. The minimum Gasteiger partial charge on any atom is -0.0917 e. The molecule has 0 aromatic heterocycles. The zero-order chi connectivity index (χ0) is 11.4. The van der Waals surface area contributed by atoms with Gasteiger partial charge in [0, 0.05) is 0 Å². The Balaban J connectivity index is 1.81. The lowest BCUT2D eigenvalue weighted by molar-refractivity contribution is 0.439. The van der Waals surface area contributed by atoms with Gasteiger partial charge in [-0.3, -0.25) is 0 Å². The lowest BCUT2D eigenvalue weighted by atomic mass is 9.86. The van der Waals surface area contributed by atoms with Crippen molar-refractivity contribution in [1.29, 1.82) is 0 Å². The number of rotatable bonds is 5. The van der Waals surface area contributed by atoms with E-state index in [1.54, 1.807) is 5.57 Å². The summed E-state index contributed by atoms with van der Waals surface area (Å²) in [4.78, 5) is 0. The van der Waals surface area contributed by atoms with Gasteiger partial charge in [-0.05, 0) is 63.7 Å². The molecule has 0 aromatic carbocycles. The van der Waals surface area contributed by atoms with Gasteiger partial charge in [-0.15, -0.1) is 0 Å². The van der Waals surface area contributed by atoms with Gasteiger partial charge in [-0.1, -0.05) is 36.0 Å². The minimum absolute atomic E-state index is 0.904. The monoisotopic (exact) mass is 216 g/mol. The van der Waals surface area contributed by atoms with Gasteiger partial charge in [-0.25, -0.2) is 0 Å². The van der Waals surface area contributed by atoms with Crippen molar-refractivity contribution in [3.8, 4) is 0 Å². The molecule has 2 aliphatic rings. The highest BCUT2D eigenvalue weighted by Crippen LogP contribution is 2.46. The van der Waals surface area contributed by atoms with Crippen molar-refractivity contribution in [1.82, 2.24) is 0 Å². The molecular formula is C16H24. The summed E-state index contributed by atoms with van der Waals surface area (Å²) >= 11 is 0. The summed E-state index contributed by atoms with van der Waals surface area (Å²) in [6.07, 6.45) is 18.4. The van der Waals surface area contributed by atoms with Gasteiger partial charge in [0.15, 0.2) is 0 Å². The summed E-state index contributed by atoms with van der Waals surface area (Å²) in [6.45, 7) is 4.31. The van der Waals surface area contributed by atoms with Crippen LogP contribution in [0.15, 0.2) is 36.0 Å². The maximum atomic E-state index is 2.47. The molecule has 0 radical (unpaired) electrons. The Kier molecular flexibility index (Phi) is 4.04. The van der Waals surface area contributed by atoms with E-state index in [4.69, 9.17) is 0 Å². The van der Waals surface area contributed by atoms with Crippen molar-refractivity contribution < 1.29 is 0 Å². The fraction of sp³-hybridized carbons (Fsp3) is 0.625. The maximum absolute atomic E-state index is 2.47. The third kappa shape index (κ3) is 2.66. The molecule has 3 atom stereocenters. The van der Waals surface area contributed by atoms with E-state index in [0.29, 0.717) is 0 Å². The fourth-order valence-corrected chi connectivity index (χ4v) is 3.27. The van der Waals surface area contributed by atoms with Gasteiger partial charge in [0.1, 0.15) is 0 Å². The first kappa shape index (κ1) is 11.7. The van der Waals surface area contributed by atoms with E-state index in [2.05, 4.69) is 44.2 Å². The molecule has 2 bridgehead atoms. The highest BCUT2D eigenvalue weighted by Gasteiger charge is 2.35. The topological polar surface area (TPSA) is 0 Å². The number of hydrogen-bond acceptors (Lipinski definition) is 0. The lowest BCUT2D eigenvalue weighted by Crippen LogP contribution is -2.08. The molecule has 0 saturated heterocycles. The van der Waals surface area contributed by atoms with Crippen LogP contribution >= 0.6 is 0 Å². The maximum Gasteiger partial charge on any atom is -0.0196 e. The van der Waals surface area contributed by atoms with Crippen LogP contribution in [0.1, 0.15) is 46.0 Å². The summed E-state index contributed by atoms with van der Waals surface area (Å²) in [5.74, 6) is 2.78. The van der Waals surface area contributed by atoms with Gasteiger partial charge in [0.25, 0.3) is 0 Å². The van der Waals surface area contributed by atoms with Crippen molar-refractivity contribution >= 4 is 0 Å². The van der Waals surface area contributed by atoms with Crippen LogP contribution in [-0.4, -0.2) is 0 Å². The Hall–Kier alpha value is -0.780. The van der Waals surface area contributed by atoms with E-state index in [0.717, 1.165) is 17.8 Å². The first-order valence-electron chi connectivity index (χ1n) is 6.77. The molecular weight excluding hydrogens is 192 g/mol. The summed E-state index contributed by atoms with van der Waals surface area (Å²) in [5, 5.41) is 0. The van der Waals surface area contributed by atoms with Crippen molar-refractivity contribution in [2.24, 2.45) is 17.8 Å². The highest BCUT2D eigenvalue weighted by atomic mass is 14.4. The van der Waals surface area contributed by atoms with Gasteiger partial charge in [0.05, 0.1) is 0 Å². The Bertz CT molecular complexity index is 306. The Morgan fingerprint density at radius 2 is 2.12 bits per heavy atom. The molecule has 1 saturated carbocycles. The van der Waals surface area contributed by atoms with E-state index in [9.17, 15) is 0 Å². The van der Waals surface area contributed by atoms with Gasteiger partial charge in [-0.2, -0.15) is 0 Å². The molecule has 3 unspecified atom stereocenters. The number of allylic oxidation sites excluding steroid dienone is 6. The Morgan fingerprint density at radius 3 is 2.69 bits per heavy atom. The molecule has 16 heavy (non-hydrogen) atoms. The smallest absolute Gasteiger partial charge is 0.0196 e. The second-order valence-electron chi connectivity index (χ2n) is 5.30. The molecule has 88 valence electrons. The average molecular weight is 216 g/mol.